The molecular weight excluding hydrogens is 178 g/mol. The molecule has 1 aromatic rings. The minimum Gasteiger partial charge on any atom is -0.198 e. The van der Waals surface area contributed by atoms with Gasteiger partial charge >= 0.3 is 0 Å². The highest BCUT2D eigenvalue weighted by molar-refractivity contribution is 7.98. The third-order valence-corrected chi connectivity index (χ3v) is 2.88. The number of hydrogen-bond donors (Lipinski definition) is 0. The quantitative estimate of drug-likeness (QED) is 0.683. The van der Waals surface area contributed by atoms with Crippen LogP contribution in [0.15, 0.2) is 24.3 Å². The summed E-state index contributed by atoms with van der Waals surface area (Å²) in [6.45, 7) is 2.13. The molecule has 0 heterocycles. The van der Waals surface area contributed by atoms with Crippen molar-refractivity contribution in [3.63, 3.8) is 0 Å². The normalized spacial score (nSPS) is 9.54. The van der Waals surface area contributed by atoms with E-state index in [0.29, 0.717) is 6.42 Å². The Morgan fingerprint density at radius 2 is 2.15 bits per heavy atom. The van der Waals surface area contributed by atoms with Gasteiger partial charge in [-0.05, 0) is 18.1 Å². The summed E-state index contributed by atoms with van der Waals surface area (Å²) in [6.07, 6.45) is 0.649. The number of hydrogen-bond acceptors (Lipinski definition) is 2. The lowest BCUT2D eigenvalue weighted by molar-refractivity contribution is 1.23. The lowest BCUT2D eigenvalue weighted by atomic mass is 10.1. The van der Waals surface area contributed by atoms with Gasteiger partial charge in [-0.2, -0.15) is 17.0 Å². The molecule has 0 aliphatic carbocycles. The average Bonchev–Trinajstić information content (AvgIpc) is 2.15. The van der Waals surface area contributed by atoms with Crippen LogP contribution in [0.1, 0.15) is 17.5 Å². The van der Waals surface area contributed by atoms with Gasteiger partial charge in [0.2, 0.25) is 0 Å². The maximum absolute atomic E-state index is 8.35. The van der Waals surface area contributed by atoms with Crippen molar-refractivity contribution in [1.82, 2.24) is 0 Å². The van der Waals surface area contributed by atoms with Gasteiger partial charge in [0.1, 0.15) is 0 Å². The van der Waals surface area contributed by atoms with Crippen LogP contribution in [0.25, 0.3) is 0 Å². The van der Waals surface area contributed by atoms with E-state index in [1.54, 1.807) is 0 Å². The van der Waals surface area contributed by atoms with Gasteiger partial charge in [-0.25, -0.2) is 0 Å². The highest BCUT2D eigenvalue weighted by Crippen LogP contribution is 2.15. The summed E-state index contributed by atoms with van der Waals surface area (Å²) in [5.74, 6) is 1.96. The Bertz CT molecular complexity index is 301. The van der Waals surface area contributed by atoms with Gasteiger partial charge in [0.05, 0.1) is 6.07 Å². The third-order valence-electron chi connectivity index (χ3n) is 1.88. The molecule has 1 nitrogen and oxygen atoms in total. The third kappa shape index (κ3) is 3.52. The van der Waals surface area contributed by atoms with E-state index in [1.807, 2.05) is 11.8 Å². The van der Waals surface area contributed by atoms with Crippen molar-refractivity contribution >= 4 is 11.8 Å². The van der Waals surface area contributed by atoms with E-state index in [0.717, 1.165) is 11.5 Å². The molecule has 1 rings (SSSR count). The van der Waals surface area contributed by atoms with E-state index in [9.17, 15) is 0 Å². The molecule has 1 aromatic carbocycles. The molecule has 0 unspecified atom stereocenters. The second-order valence-corrected chi connectivity index (χ2v) is 3.99. The molecule has 0 saturated carbocycles. The summed E-state index contributed by atoms with van der Waals surface area (Å²) in [5, 5.41) is 8.35. The van der Waals surface area contributed by atoms with Crippen LogP contribution < -0.4 is 0 Å². The Morgan fingerprint density at radius 3 is 2.85 bits per heavy atom. The molecule has 68 valence electrons. The molecule has 13 heavy (non-hydrogen) atoms. The van der Waals surface area contributed by atoms with E-state index in [-0.39, 0.29) is 0 Å². The Labute approximate surface area is 83.8 Å². The van der Waals surface area contributed by atoms with Gasteiger partial charge < -0.3 is 0 Å². The Balaban J connectivity index is 2.37. The average molecular weight is 191 g/mol. The van der Waals surface area contributed by atoms with Gasteiger partial charge in [0.25, 0.3) is 0 Å². The first-order valence-corrected chi connectivity index (χ1v) is 5.49. The maximum Gasteiger partial charge on any atom is 0.0630 e. The summed E-state index contributed by atoms with van der Waals surface area (Å²) >= 11 is 1.82. The van der Waals surface area contributed by atoms with Crippen LogP contribution >= 0.6 is 11.8 Å². The summed E-state index contributed by atoms with van der Waals surface area (Å²) in [7, 11) is 0. The van der Waals surface area contributed by atoms with E-state index < -0.39 is 0 Å². The van der Waals surface area contributed by atoms with Crippen molar-refractivity contribution in [1.29, 1.82) is 5.26 Å². The predicted octanol–water partition coefficient (Wildman–Crippen LogP) is 3.14. The van der Waals surface area contributed by atoms with Crippen LogP contribution in [-0.2, 0) is 5.75 Å². The summed E-state index contributed by atoms with van der Waals surface area (Å²) in [5.41, 5.74) is 2.72. The molecule has 0 radical (unpaired) electrons. The summed E-state index contributed by atoms with van der Waals surface area (Å²) in [4.78, 5) is 0. The Kier molecular flexibility index (Phi) is 4.42. The molecule has 0 aromatic heterocycles. The van der Waals surface area contributed by atoms with Crippen molar-refractivity contribution in [3.8, 4) is 6.07 Å². The van der Waals surface area contributed by atoms with Gasteiger partial charge in [-0.3, -0.25) is 0 Å². The van der Waals surface area contributed by atoms with Gasteiger partial charge in [0.15, 0.2) is 0 Å². The van der Waals surface area contributed by atoms with Crippen molar-refractivity contribution in [3.05, 3.63) is 35.4 Å². The molecule has 2 heteroatoms. The fourth-order valence-electron chi connectivity index (χ4n) is 1.07. The zero-order valence-corrected chi connectivity index (χ0v) is 8.60. The Hall–Kier alpha value is -0.940. The first-order chi connectivity index (χ1) is 6.34. The number of nitrogens with zero attached hydrogens (tertiary/aromatic N) is 1. The molecule has 0 aliphatic heterocycles. The minimum absolute atomic E-state index is 0.649. The molecule has 0 spiro atoms. The van der Waals surface area contributed by atoms with Crippen molar-refractivity contribution < 1.29 is 0 Å². The zero-order chi connectivity index (χ0) is 9.52. The van der Waals surface area contributed by atoms with Crippen LogP contribution in [0, 0.1) is 18.3 Å². The lowest BCUT2D eigenvalue weighted by Gasteiger charge is -2.03. The SMILES string of the molecule is Cc1ccccc1CSCCC#N. The molecule has 0 N–H and O–H groups in total. The molecule has 0 saturated heterocycles. The highest BCUT2D eigenvalue weighted by Gasteiger charge is 1.96. The first kappa shape index (κ1) is 10.1. The topological polar surface area (TPSA) is 23.8 Å². The van der Waals surface area contributed by atoms with Gasteiger partial charge in [0, 0.05) is 17.9 Å². The van der Waals surface area contributed by atoms with Crippen LogP contribution in [-0.4, -0.2) is 5.75 Å². The molecule has 0 amide bonds. The van der Waals surface area contributed by atoms with Crippen molar-refractivity contribution in [2.24, 2.45) is 0 Å². The molecule has 0 atom stereocenters. The van der Waals surface area contributed by atoms with Gasteiger partial charge in [-0.1, -0.05) is 24.3 Å². The predicted molar refractivity (Wildman–Crippen MR) is 57.6 cm³/mol. The second-order valence-electron chi connectivity index (χ2n) is 2.89. The smallest absolute Gasteiger partial charge is 0.0630 e. The number of thioether (sulfide) groups is 1. The number of benzene rings is 1. The molecule has 0 fully saturated rings. The molecular formula is C11H13NS. The first-order valence-electron chi connectivity index (χ1n) is 4.34. The second kappa shape index (κ2) is 5.66. The maximum atomic E-state index is 8.35. The van der Waals surface area contributed by atoms with E-state index in [4.69, 9.17) is 5.26 Å². The summed E-state index contributed by atoms with van der Waals surface area (Å²) < 4.78 is 0. The zero-order valence-electron chi connectivity index (χ0n) is 7.79. The van der Waals surface area contributed by atoms with Crippen molar-refractivity contribution in [2.75, 3.05) is 5.75 Å². The summed E-state index contributed by atoms with van der Waals surface area (Å²) in [6, 6.07) is 10.5. The minimum atomic E-state index is 0.649. The fourth-order valence-corrected chi connectivity index (χ4v) is 2.00. The lowest BCUT2D eigenvalue weighted by Crippen LogP contribution is -1.86. The monoisotopic (exact) mass is 191 g/mol. The number of aryl methyl sites for hydroxylation is 1. The van der Waals surface area contributed by atoms with Crippen LogP contribution in [0.2, 0.25) is 0 Å². The van der Waals surface area contributed by atoms with Crippen LogP contribution in [0.3, 0.4) is 0 Å². The standard InChI is InChI=1S/C11H13NS/c1-10-5-2-3-6-11(10)9-13-8-4-7-12/h2-3,5-6H,4,8-9H2,1H3. The molecule has 0 aliphatic rings. The van der Waals surface area contributed by atoms with Crippen LogP contribution in [0.4, 0.5) is 0 Å². The number of nitriles is 1. The van der Waals surface area contributed by atoms with Crippen LogP contribution in [0.5, 0.6) is 0 Å². The van der Waals surface area contributed by atoms with E-state index >= 15 is 0 Å². The van der Waals surface area contributed by atoms with Crippen molar-refractivity contribution in [2.45, 2.75) is 19.1 Å². The Morgan fingerprint density at radius 1 is 1.38 bits per heavy atom. The number of rotatable bonds is 4. The molecule has 0 bridgehead atoms. The highest BCUT2D eigenvalue weighted by atomic mass is 32.2. The van der Waals surface area contributed by atoms with E-state index in [1.165, 1.54) is 11.1 Å². The fraction of sp³-hybridized carbons (Fsp3) is 0.364. The van der Waals surface area contributed by atoms with Gasteiger partial charge in [-0.15, -0.1) is 0 Å². The van der Waals surface area contributed by atoms with E-state index in [2.05, 4.69) is 37.3 Å². The largest absolute Gasteiger partial charge is 0.198 e.